The van der Waals surface area contributed by atoms with E-state index in [2.05, 4.69) is 31.9 Å². The van der Waals surface area contributed by atoms with E-state index >= 15 is 0 Å². The first kappa shape index (κ1) is 29.5. The molecule has 0 saturated carbocycles. The number of fused-ring (bicyclic) bond motifs is 2. The molecule has 1 unspecified atom stereocenters. The Labute approximate surface area is 264 Å². The fraction of sp³-hybridized carbons (Fsp3) is 0.294. The SMILES string of the molecule is Cc1cc(CC(NC(=O)N2CCC(N3Cc4ccccc4NC3=O)CC2)c2nccn2Cc2cc(F)cc(F)c2)cc2cn[nH]c12. The van der Waals surface area contributed by atoms with Crippen molar-refractivity contribution in [1.82, 2.24) is 34.9 Å². The lowest BCUT2D eigenvalue weighted by atomic mass is 10.00. The van der Waals surface area contributed by atoms with Crippen LogP contribution in [0, 0.1) is 18.6 Å². The fourth-order valence-corrected chi connectivity index (χ4v) is 6.67. The molecular weight excluding hydrogens is 590 g/mol. The van der Waals surface area contributed by atoms with Gasteiger partial charge in [-0.1, -0.05) is 24.3 Å². The smallest absolute Gasteiger partial charge is 0.322 e. The number of nitrogens with one attached hydrogen (secondary N) is 3. The molecule has 2 aliphatic rings. The van der Waals surface area contributed by atoms with Crippen molar-refractivity contribution in [2.24, 2.45) is 0 Å². The number of piperidine rings is 1. The molecule has 3 N–H and O–H groups in total. The van der Waals surface area contributed by atoms with E-state index in [0.29, 0.717) is 50.3 Å². The molecule has 0 radical (unpaired) electrons. The number of likely N-dealkylation sites (tertiary alicyclic amines) is 1. The fourth-order valence-electron chi connectivity index (χ4n) is 6.67. The van der Waals surface area contributed by atoms with Crippen LogP contribution in [0.5, 0.6) is 0 Å². The molecular formula is C34H34F2N8O2. The van der Waals surface area contributed by atoms with Crippen molar-refractivity contribution >= 4 is 28.7 Å². The molecule has 4 heterocycles. The molecule has 2 aliphatic heterocycles. The first-order valence-electron chi connectivity index (χ1n) is 15.4. The summed E-state index contributed by atoms with van der Waals surface area (Å²) in [5, 5.41) is 14.3. The molecule has 5 aromatic rings. The largest absolute Gasteiger partial charge is 0.329 e. The Morgan fingerprint density at radius 3 is 2.65 bits per heavy atom. The predicted molar refractivity (Wildman–Crippen MR) is 169 cm³/mol. The zero-order valence-corrected chi connectivity index (χ0v) is 25.3. The summed E-state index contributed by atoms with van der Waals surface area (Å²) in [6, 6.07) is 14.5. The van der Waals surface area contributed by atoms with Gasteiger partial charge in [-0.25, -0.2) is 23.4 Å². The summed E-state index contributed by atoms with van der Waals surface area (Å²) in [7, 11) is 0. The maximum absolute atomic E-state index is 14.0. The number of hydrogen-bond acceptors (Lipinski definition) is 4. The second-order valence-electron chi connectivity index (χ2n) is 12.1. The maximum Gasteiger partial charge on any atom is 0.322 e. The Morgan fingerprint density at radius 1 is 1.07 bits per heavy atom. The molecule has 46 heavy (non-hydrogen) atoms. The number of hydrogen-bond donors (Lipinski definition) is 3. The van der Waals surface area contributed by atoms with E-state index in [1.807, 2.05) is 42.2 Å². The first-order chi connectivity index (χ1) is 22.3. The lowest BCUT2D eigenvalue weighted by Gasteiger charge is -2.40. The summed E-state index contributed by atoms with van der Waals surface area (Å²) in [5.41, 5.74) is 5.33. The third kappa shape index (κ3) is 6.02. The number of halogens is 2. The van der Waals surface area contributed by atoms with E-state index < -0.39 is 17.7 Å². The molecule has 1 atom stereocenters. The molecule has 0 bridgehead atoms. The van der Waals surface area contributed by atoms with Crippen LogP contribution in [0.1, 0.15) is 47.0 Å². The quantitative estimate of drug-likeness (QED) is 0.209. The molecule has 2 aromatic heterocycles. The van der Waals surface area contributed by atoms with Crippen LogP contribution in [0.15, 0.2) is 73.2 Å². The Balaban J connectivity index is 1.09. The Morgan fingerprint density at radius 2 is 1.85 bits per heavy atom. The third-order valence-electron chi connectivity index (χ3n) is 8.93. The molecule has 0 aliphatic carbocycles. The lowest BCUT2D eigenvalue weighted by Crippen LogP contribution is -2.53. The molecule has 1 saturated heterocycles. The number of aromatic amines is 1. The van der Waals surface area contributed by atoms with Crippen molar-refractivity contribution in [3.8, 4) is 0 Å². The second-order valence-corrected chi connectivity index (χ2v) is 12.1. The number of anilines is 1. The van der Waals surface area contributed by atoms with E-state index in [1.165, 1.54) is 12.1 Å². The van der Waals surface area contributed by atoms with E-state index in [9.17, 15) is 18.4 Å². The number of rotatable bonds is 7. The topological polar surface area (TPSA) is 111 Å². The van der Waals surface area contributed by atoms with Crippen molar-refractivity contribution < 1.29 is 18.4 Å². The van der Waals surface area contributed by atoms with Crippen LogP contribution in [0.2, 0.25) is 0 Å². The van der Waals surface area contributed by atoms with E-state index in [-0.39, 0.29) is 24.6 Å². The standard InChI is InChI=1S/C34H34F2N8O2/c1-21-12-22(13-25-18-38-41-31(21)25)16-30(32-37-8-11-43(32)19-23-14-26(35)17-27(36)15-23)40-33(45)42-9-6-28(7-10-42)44-20-24-4-2-3-5-29(24)39-34(44)46/h2-5,8,11-15,17-18,28,30H,6-7,9-10,16,19-20H2,1H3,(H,38,41)(H,39,46)(H,40,45). The minimum Gasteiger partial charge on any atom is -0.329 e. The number of nitrogens with zero attached hydrogens (tertiary/aromatic N) is 5. The zero-order valence-electron chi connectivity index (χ0n) is 25.3. The molecule has 236 valence electrons. The highest BCUT2D eigenvalue weighted by Crippen LogP contribution is 2.29. The monoisotopic (exact) mass is 624 g/mol. The van der Waals surface area contributed by atoms with E-state index in [4.69, 9.17) is 0 Å². The van der Waals surface area contributed by atoms with E-state index in [0.717, 1.165) is 39.3 Å². The van der Waals surface area contributed by atoms with Gasteiger partial charge in [0.15, 0.2) is 0 Å². The number of para-hydroxylation sites is 1. The number of amides is 4. The van der Waals surface area contributed by atoms with Gasteiger partial charge in [-0.05, 0) is 72.7 Å². The van der Waals surface area contributed by atoms with E-state index in [1.54, 1.807) is 28.1 Å². The van der Waals surface area contributed by atoms with Gasteiger partial charge in [0.05, 0.1) is 17.8 Å². The van der Waals surface area contributed by atoms with Crippen molar-refractivity contribution in [2.45, 2.75) is 51.4 Å². The third-order valence-corrected chi connectivity index (χ3v) is 8.93. The molecule has 10 nitrogen and oxygen atoms in total. The highest BCUT2D eigenvalue weighted by molar-refractivity contribution is 5.92. The van der Waals surface area contributed by atoms with Gasteiger partial charge in [0, 0.05) is 61.8 Å². The normalized spacial score (nSPS) is 15.9. The summed E-state index contributed by atoms with van der Waals surface area (Å²) in [6.07, 6.45) is 6.89. The molecule has 0 spiro atoms. The number of carbonyl (C=O) groups excluding carboxylic acids is 2. The highest BCUT2D eigenvalue weighted by Gasteiger charge is 2.33. The summed E-state index contributed by atoms with van der Waals surface area (Å²) in [6.45, 7) is 3.71. The zero-order chi connectivity index (χ0) is 31.8. The molecule has 3 aromatic carbocycles. The maximum atomic E-state index is 14.0. The number of aryl methyl sites for hydroxylation is 1. The summed E-state index contributed by atoms with van der Waals surface area (Å²) in [5.74, 6) is -0.735. The average Bonchev–Trinajstić information content (AvgIpc) is 3.70. The summed E-state index contributed by atoms with van der Waals surface area (Å²) >= 11 is 0. The number of carbonyl (C=O) groups is 2. The first-order valence-corrected chi connectivity index (χ1v) is 15.4. The second kappa shape index (κ2) is 12.3. The van der Waals surface area contributed by atoms with Gasteiger partial charge < -0.3 is 25.0 Å². The number of benzene rings is 3. The van der Waals surface area contributed by atoms with Crippen LogP contribution in [0.3, 0.4) is 0 Å². The number of H-pyrrole nitrogens is 1. The highest BCUT2D eigenvalue weighted by atomic mass is 19.1. The Kier molecular flexibility index (Phi) is 7.85. The van der Waals surface area contributed by atoms with Crippen LogP contribution < -0.4 is 10.6 Å². The van der Waals surface area contributed by atoms with Crippen molar-refractivity contribution in [2.75, 3.05) is 18.4 Å². The van der Waals surface area contributed by atoms with Crippen molar-refractivity contribution in [3.05, 3.63) is 113 Å². The summed E-state index contributed by atoms with van der Waals surface area (Å²) in [4.78, 5) is 34.9. The predicted octanol–water partition coefficient (Wildman–Crippen LogP) is 5.90. The van der Waals surface area contributed by atoms with Crippen molar-refractivity contribution in [3.63, 3.8) is 0 Å². The minimum absolute atomic E-state index is 0.0171. The molecule has 7 rings (SSSR count). The van der Waals surface area contributed by atoms with Gasteiger partial charge in [-0.2, -0.15) is 5.10 Å². The number of imidazole rings is 1. The lowest BCUT2D eigenvalue weighted by molar-refractivity contribution is 0.127. The van der Waals surface area contributed by atoms with Crippen LogP contribution in [-0.4, -0.2) is 60.7 Å². The molecule has 1 fully saturated rings. The number of urea groups is 2. The van der Waals surface area contributed by atoms with Gasteiger partial charge >= 0.3 is 12.1 Å². The van der Waals surface area contributed by atoms with Gasteiger partial charge in [0.2, 0.25) is 0 Å². The molecule has 4 amide bonds. The average molecular weight is 625 g/mol. The van der Waals surface area contributed by atoms with Crippen LogP contribution in [0.4, 0.5) is 24.1 Å². The summed E-state index contributed by atoms with van der Waals surface area (Å²) < 4.78 is 29.8. The van der Waals surface area contributed by atoms with Crippen LogP contribution in [-0.2, 0) is 19.5 Å². The van der Waals surface area contributed by atoms with Gasteiger partial charge in [-0.15, -0.1) is 0 Å². The Hall–Kier alpha value is -5.26. The van der Waals surface area contributed by atoms with Gasteiger partial charge in [-0.3, -0.25) is 5.10 Å². The van der Waals surface area contributed by atoms with Gasteiger partial charge in [0.1, 0.15) is 17.5 Å². The van der Waals surface area contributed by atoms with Gasteiger partial charge in [0.25, 0.3) is 0 Å². The van der Waals surface area contributed by atoms with Crippen molar-refractivity contribution in [1.29, 1.82) is 0 Å². The van der Waals surface area contributed by atoms with Crippen LogP contribution >= 0.6 is 0 Å². The minimum atomic E-state index is -0.653. The molecule has 12 heteroatoms. The Bertz CT molecular complexity index is 1890. The van der Waals surface area contributed by atoms with Crippen LogP contribution in [0.25, 0.3) is 10.9 Å². The number of aromatic nitrogens is 4.